The highest BCUT2D eigenvalue weighted by molar-refractivity contribution is 5.24. The third-order valence-electron chi connectivity index (χ3n) is 3.58. The first-order valence-corrected chi connectivity index (χ1v) is 8.07. The predicted octanol–water partition coefficient (Wildman–Crippen LogP) is 6.07. The predicted molar refractivity (Wildman–Crippen MR) is 87.9 cm³/mol. The van der Waals surface area contributed by atoms with Crippen molar-refractivity contribution >= 4 is 0 Å². The lowest BCUT2D eigenvalue weighted by molar-refractivity contribution is 0.0744. The van der Waals surface area contributed by atoms with Crippen LogP contribution in [0.4, 0.5) is 0 Å². The fourth-order valence-electron chi connectivity index (χ4n) is 2.41. The average Bonchev–Trinajstić information content (AvgIpc) is 2.46. The molecule has 0 amide bonds. The number of hydrogen-bond acceptors (Lipinski definition) is 1. The summed E-state index contributed by atoms with van der Waals surface area (Å²) in [6.45, 7) is 9.19. The summed E-state index contributed by atoms with van der Waals surface area (Å²) in [6, 6.07) is 10.4. The Morgan fingerprint density at radius 3 is 2.20 bits per heavy atom. The van der Waals surface area contributed by atoms with Gasteiger partial charge in [-0.3, -0.25) is 0 Å². The molecule has 0 radical (unpaired) electrons. The number of unbranched alkanes of at least 4 members (excludes halogenated alkanes) is 6. The van der Waals surface area contributed by atoms with Crippen molar-refractivity contribution in [3.05, 3.63) is 48.0 Å². The minimum Gasteiger partial charge on any atom is -0.369 e. The van der Waals surface area contributed by atoms with Gasteiger partial charge >= 0.3 is 0 Å². The lowest BCUT2D eigenvalue weighted by atomic mass is 10.0. The lowest BCUT2D eigenvalue weighted by Gasteiger charge is -2.18. The second-order valence-corrected chi connectivity index (χ2v) is 5.63. The van der Waals surface area contributed by atoms with Gasteiger partial charge < -0.3 is 4.74 Å². The van der Waals surface area contributed by atoms with Crippen LogP contribution < -0.4 is 0 Å². The molecule has 1 aromatic carbocycles. The van der Waals surface area contributed by atoms with E-state index in [9.17, 15) is 0 Å². The first-order valence-electron chi connectivity index (χ1n) is 8.07. The average molecular weight is 274 g/mol. The van der Waals surface area contributed by atoms with Gasteiger partial charge in [-0.2, -0.15) is 0 Å². The third kappa shape index (κ3) is 6.91. The van der Waals surface area contributed by atoms with E-state index >= 15 is 0 Å². The van der Waals surface area contributed by atoms with Crippen LogP contribution in [0.3, 0.4) is 0 Å². The molecule has 1 rings (SSSR count). The molecule has 0 N–H and O–H groups in total. The Hall–Kier alpha value is -1.08. The summed E-state index contributed by atoms with van der Waals surface area (Å²) in [5, 5.41) is 0. The quantitative estimate of drug-likeness (QED) is 0.351. The van der Waals surface area contributed by atoms with E-state index in [0.717, 1.165) is 18.6 Å². The Kier molecular flexibility index (Phi) is 9.06. The lowest BCUT2D eigenvalue weighted by Crippen LogP contribution is -2.06. The van der Waals surface area contributed by atoms with Crippen molar-refractivity contribution < 1.29 is 4.74 Å². The summed E-state index contributed by atoms with van der Waals surface area (Å²) in [5.74, 6) is 0. The Morgan fingerprint density at radius 1 is 1.00 bits per heavy atom. The van der Waals surface area contributed by atoms with Crippen molar-refractivity contribution in [1.82, 2.24) is 0 Å². The van der Waals surface area contributed by atoms with Crippen LogP contribution >= 0.6 is 0 Å². The Labute approximate surface area is 125 Å². The fraction of sp³-hybridized carbons (Fsp3) is 0.579. The van der Waals surface area contributed by atoms with E-state index in [0.29, 0.717) is 0 Å². The van der Waals surface area contributed by atoms with Crippen LogP contribution in [0.1, 0.15) is 70.5 Å². The molecule has 0 bridgehead atoms. The van der Waals surface area contributed by atoms with E-state index in [4.69, 9.17) is 4.74 Å². The molecule has 1 heteroatoms. The van der Waals surface area contributed by atoms with Crippen molar-refractivity contribution in [2.75, 3.05) is 6.61 Å². The van der Waals surface area contributed by atoms with Crippen LogP contribution in [-0.2, 0) is 4.74 Å². The zero-order chi connectivity index (χ0) is 14.6. The zero-order valence-electron chi connectivity index (χ0n) is 13.2. The van der Waals surface area contributed by atoms with Crippen molar-refractivity contribution in [3.63, 3.8) is 0 Å². The van der Waals surface area contributed by atoms with Crippen LogP contribution in [0.5, 0.6) is 0 Å². The molecular formula is C19H30O. The molecule has 20 heavy (non-hydrogen) atoms. The molecule has 0 saturated carbocycles. The normalized spacial score (nSPS) is 12.3. The van der Waals surface area contributed by atoms with Gasteiger partial charge in [-0.05, 0) is 24.5 Å². The topological polar surface area (TPSA) is 9.23 Å². The Morgan fingerprint density at radius 2 is 1.60 bits per heavy atom. The van der Waals surface area contributed by atoms with Crippen molar-refractivity contribution in [1.29, 1.82) is 0 Å². The molecule has 0 fully saturated rings. The summed E-state index contributed by atoms with van der Waals surface area (Å²) < 4.78 is 6.02. The largest absolute Gasteiger partial charge is 0.369 e. The fourth-order valence-corrected chi connectivity index (χ4v) is 2.41. The van der Waals surface area contributed by atoms with Gasteiger partial charge in [-0.15, -0.1) is 0 Å². The first kappa shape index (κ1) is 17.0. The molecule has 0 aromatic heterocycles. The second-order valence-electron chi connectivity index (χ2n) is 5.63. The van der Waals surface area contributed by atoms with Gasteiger partial charge in [0, 0.05) is 6.61 Å². The van der Waals surface area contributed by atoms with E-state index < -0.39 is 0 Å². The van der Waals surface area contributed by atoms with Crippen molar-refractivity contribution in [3.8, 4) is 0 Å². The maximum Gasteiger partial charge on any atom is 0.103 e. The minimum atomic E-state index is 0.0521. The highest BCUT2D eigenvalue weighted by Crippen LogP contribution is 2.24. The highest BCUT2D eigenvalue weighted by atomic mass is 16.5. The summed E-state index contributed by atoms with van der Waals surface area (Å²) in [6.07, 6.45) is 9.28. The molecule has 0 aliphatic heterocycles. The van der Waals surface area contributed by atoms with E-state index in [-0.39, 0.29) is 6.10 Å². The molecule has 1 nitrogen and oxygen atoms in total. The number of benzene rings is 1. The summed E-state index contributed by atoms with van der Waals surface area (Å²) in [4.78, 5) is 0. The minimum absolute atomic E-state index is 0.0521. The third-order valence-corrected chi connectivity index (χ3v) is 3.58. The highest BCUT2D eigenvalue weighted by Gasteiger charge is 2.11. The van der Waals surface area contributed by atoms with E-state index in [1.165, 1.54) is 44.1 Å². The van der Waals surface area contributed by atoms with Crippen LogP contribution in [0, 0.1) is 0 Å². The van der Waals surface area contributed by atoms with Gasteiger partial charge in [0.05, 0.1) is 0 Å². The van der Waals surface area contributed by atoms with Crippen LogP contribution in [-0.4, -0.2) is 6.61 Å². The smallest absolute Gasteiger partial charge is 0.103 e. The maximum absolute atomic E-state index is 6.02. The van der Waals surface area contributed by atoms with Gasteiger partial charge in [0.15, 0.2) is 0 Å². The zero-order valence-corrected chi connectivity index (χ0v) is 13.2. The molecule has 1 unspecified atom stereocenters. The first-order chi connectivity index (χ1) is 9.75. The van der Waals surface area contributed by atoms with E-state index in [2.05, 4.69) is 37.8 Å². The van der Waals surface area contributed by atoms with Crippen molar-refractivity contribution in [2.24, 2.45) is 0 Å². The van der Waals surface area contributed by atoms with E-state index in [1.807, 2.05) is 13.0 Å². The summed E-state index contributed by atoms with van der Waals surface area (Å²) >= 11 is 0. The molecule has 0 aliphatic carbocycles. The van der Waals surface area contributed by atoms with Crippen LogP contribution in [0.2, 0.25) is 0 Å². The molecule has 0 spiro atoms. The molecule has 0 heterocycles. The number of ether oxygens (including phenoxy) is 1. The molecular weight excluding hydrogens is 244 g/mol. The van der Waals surface area contributed by atoms with Crippen LogP contribution in [0.25, 0.3) is 0 Å². The van der Waals surface area contributed by atoms with Gasteiger partial charge in [-0.25, -0.2) is 0 Å². The maximum atomic E-state index is 6.02. The molecule has 1 aromatic rings. The summed E-state index contributed by atoms with van der Waals surface area (Å²) in [7, 11) is 0. The van der Waals surface area contributed by atoms with Gasteiger partial charge in [0.1, 0.15) is 6.10 Å². The molecule has 112 valence electrons. The molecule has 0 aliphatic rings. The van der Waals surface area contributed by atoms with Gasteiger partial charge in [0.25, 0.3) is 0 Å². The second kappa shape index (κ2) is 10.7. The van der Waals surface area contributed by atoms with Crippen molar-refractivity contribution in [2.45, 2.75) is 64.9 Å². The summed E-state index contributed by atoms with van der Waals surface area (Å²) in [5.41, 5.74) is 2.29. The Balaban J connectivity index is 2.19. The Bertz CT molecular complexity index is 355. The molecule has 1 atom stereocenters. The van der Waals surface area contributed by atoms with Gasteiger partial charge in [-0.1, -0.05) is 82.4 Å². The van der Waals surface area contributed by atoms with E-state index in [1.54, 1.807) is 0 Å². The van der Waals surface area contributed by atoms with Crippen LogP contribution in [0.15, 0.2) is 42.5 Å². The molecule has 0 saturated heterocycles. The SMILES string of the molecule is C=C(C)C(OCCCCCCCCC)c1ccccc1. The number of rotatable bonds is 11. The van der Waals surface area contributed by atoms with Gasteiger partial charge in [0.2, 0.25) is 0 Å². The number of hydrogen-bond donors (Lipinski definition) is 0. The monoisotopic (exact) mass is 274 g/mol. The standard InChI is InChI=1S/C19H30O/c1-4-5-6-7-8-9-13-16-20-19(17(2)3)18-14-11-10-12-15-18/h10-12,14-15,19H,2,4-9,13,16H2,1,3H3.